The number of oxazole rings is 1. The highest BCUT2D eigenvalue weighted by atomic mass is 16.3. The van der Waals surface area contributed by atoms with Gasteiger partial charge in [0.1, 0.15) is 11.3 Å². The molecule has 0 saturated carbocycles. The van der Waals surface area contributed by atoms with Crippen LogP contribution in [0, 0.1) is 0 Å². The molecule has 0 aliphatic carbocycles. The van der Waals surface area contributed by atoms with Crippen molar-refractivity contribution in [2.45, 2.75) is 0 Å². The van der Waals surface area contributed by atoms with E-state index in [0.29, 0.717) is 22.5 Å². The largest absolute Gasteiger partial charge is 0.443 e. The number of hydrogen-bond donors (Lipinski definition) is 1. The molecular weight excluding hydrogens is 356 g/mol. The minimum Gasteiger partial charge on any atom is -0.443 e. The Morgan fingerprint density at radius 3 is 2.86 bits per heavy atom. The molecule has 0 unspecified atom stereocenters. The van der Waals surface area contributed by atoms with E-state index in [1.807, 2.05) is 25.4 Å². The third-order valence-electron chi connectivity index (χ3n) is 4.41. The van der Waals surface area contributed by atoms with E-state index in [-0.39, 0.29) is 5.91 Å². The molecule has 0 aliphatic heterocycles. The van der Waals surface area contributed by atoms with Crippen LogP contribution < -0.4 is 5.32 Å². The fourth-order valence-electron chi connectivity index (χ4n) is 2.98. The molecule has 8 heteroatoms. The van der Waals surface area contributed by atoms with E-state index in [9.17, 15) is 4.79 Å². The molecule has 28 heavy (non-hydrogen) atoms. The van der Waals surface area contributed by atoms with E-state index in [0.717, 1.165) is 22.2 Å². The maximum absolute atomic E-state index is 12.6. The zero-order chi connectivity index (χ0) is 19.1. The maximum atomic E-state index is 12.6. The second-order valence-corrected chi connectivity index (χ2v) is 6.35. The summed E-state index contributed by atoms with van der Waals surface area (Å²) in [6, 6.07) is 10.7. The van der Waals surface area contributed by atoms with E-state index in [1.54, 1.807) is 41.3 Å². The molecule has 136 valence electrons. The van der Waals surface area contributed by atoms with Crippen molar-refractivity contribution in [1.29, 1.82) is 0 Å². The lowest BCUT2D eigenvalue weighted by molar-refractivity contribution is 0.102. The molecule has 0 spiro atoms. The fraction of sp³-hybridized carbons (Fsp3) is 0.0500. The van der Waals surface area contributed by atoms with Crippen LogP contribution in [0.2, 0.25) is 0 Å². The number of nitrogens with one attached hydrogen (secondary N) is 1. The second-order valence-electron chi connectivity index (χ2n) is 6.35. The van der Waals surface area contributed by atoms with Gasteiger partial charge in [-0.15, -0.1) is 0 Å². The zero-order valence-electron chi connectivity index (χ0n) is 14.8. The lowest BCUT2D eigenvalue weighted by Crippen LogP contribution is -2.12. The summed E-state index contributed by atoms with van der Waals surface area (Å²) in [7, 11) is 1.86. The monoisotopic (exact) mass is 370 g/mol. The SMILES string of the molecule is Cn1cc(-c2ccc3cnc(NC(=O)c4ccc5ncoc5c4)cc3n2)cn1. The Labute approximate surface area is 158 Å². The summed E-state index contributed by atoms with van der Waals surface area (Å²) in [4.78, 5) is 25.6. The minimum absolute atomic E-state index is 0.284. The van der Waals surface area contributed by atoms with E-state index in [2.05, 4.69) is 25.4 Å². The van der Waals surface area contributed by atoms with E-state index in [1.165, 1.54) is 6.39 Å². The summed E-state index contributed by atoms with van der Waals surface area (Å²) in [5.41, 5.74) is 4.18. The van der Waals surface area contributed by atoms with Crippen molar-refractivity contribution < 1.29 is 9.21 Å². The van der Waals surface area contributed by atoms with Crippen molar-refractivity contribution in [2.75, 3.05) is 5.32 Å². The van der Waals surface area contributed by atoms with Crippen molar-refractivity contribution in [3.8, 4) is 11.3 Å². The predicted octanol–water partition coefficient (Wildman–Crippen LogP) is 3.42. The first kappa shape index (κ1) is 16.1. The van der Waals surface area contributed by atoms with Gasteiger partial charge in [0.05, 0.1) is 17.4 Å². The number of benzene rings is 1. The number of hydrogen-bond acceptors (Lipinski definition) is 6. The molecule has 0 saturated heterocycles. The molecule has 5 rings (SSSR count). The van der Waals surface area contributed by atoms with Gasteiger partial charge in [-0.2, -0.15) is 5.10 Å². The first-order valence-corrected chi connectivity index (χ1v) is 8.56. The third-order valence-corrected chi connectivity index (χ3v) is 4.41. The molecule has 8 nitrogen and oxygen atoms in total. The van der Waals surface area contributed by atoms with E-state index >= 15 is 0 Å². The van der Waals surface area contributed by atoms with Gasteiger partial charge in [0.2, 0.25) is 0 Å². The number of aromatic nitrogens is 5. The quantitative estimate of drug-likeness (QED) is 0.522. The van der Waals surface area contributed by atoms with Crippen LogP contribution in [0.25, 0.3) is 33.3 Å². The molecule has 1 N–H and O–H groups in total. The summed E-state index contributed by atoms with van der Waals surface area (Å²) in [5.74, 6) is 0.138. The van der Waals surface area contributed by atoms with Gasteiger partial charge < -0.3 is 9.73 Å². The van der Waals surface area contributed by atoms with Gasteiger partial charge >= 0.3 is 0 Å². The Hall–Kier alpha value is -4.07. The van der Waals surface area contributed by atoms with Crippen LogP contribution >= 0.6 is 0 Å². The first-order valence-electron chi connectivity index (χ1n) is 8.56. The average molecular weight is 370 g/mol. The van der Waals surface area contributed by atoms with Gasteiger partial charge in [0.25, 0.3) is 5.91 Å². The Kier molecular flexibility index (Phi) is 3.61. The zero-order valence-corrected chi connectivity index (χ0v) is 14.8. The number of anilines is 1. The number of pyridine rings is 2. The number of carbonyl (C=O) groups excluding carboxylic acids is 1. The second kappa shape index (κ2) is 6.27. The van der Waals surface area contributed by atoms with Crippen LogP contribution in [0.15, 0.2) is 65.8 Å². The average Bonchev–Trinajstić information content (AvgIpc) is 3.35. The van der Waals surface area contributed by atoms with Gasteiger partial charge in [-0.25, -0.2) is 15.0 Å². The molecule has 0 bridgehead atoms. The smallest absolute Gasteiger partial charge is 0.256 e. The minimum atomic E-state index is -0.284. The van der Waals surface area contributed by atoms with Gasteiger partial charge in [-0.3, -0.25) is 9.48 Å². The number of aryl methyl sites for hydroxylation is 1. The molecule has 1 amide bonds. The molecule has 0 radical (unpaired) electrons. The number of amides is 1. The first-order chi connectivity index (χ1) is 13.7. The maximum Gasteiger partial charge on any atom is 0.256 e. The van der Waals surface area contributed by atoms with Crippen LogP contribution in [-0.4, -0.2) is 30.6 Å². The van der Waals surface area contributed by atoms with Crippen LogP contribution in [0.5, 0.6) is 0 Å². The Morgan fingerprint density at radius 2 is 2.00 bits per heavy atom. The van der Waals surface area contributed by atoms with Gasteiger partial charge in [-0.1, -0.05) is 0 Å². The lowest BCUT2D eigenvalue weighted by atomic mass is 10.2. The topological polar surface area (TPSA) is 98.7 Å². The van der Waals surface area contributed by atoms with Gasteiger partial charge in [0.15, 0.2) is 12.0 Å². The summed E-state index contributed by atoms with van der Waals surface area (Å²) in [6.45, 7) is 0. The highest BCUT2D eigenvalue weighted by molar-refractivity contribution is 6.05. The Balaban J connectivity index is 1.45. The van der Waals surface area contributed by atoms with Crippen molar-refractivity contribution in [1.82, 2.24) is 24.7 Å². The van der Waals surface area contributed by atoms with Crippen molar-refractivity contribution >= 4 is 33.7 Å². The summed E-state index contributed by atoms with van der Waals surface area (Å²) < 4.78 is 6.98. The molecule has 5 aromatic rings. The number of carbonyl (C=O) groups is 1. The van der Waals surface area contributed by atoms with Crippen molar-refractivity contribution in [3.05, 3.63) is 66.9 Å². The van der Waals surface area contributed by atoms with E-state index in [4.69, 9.17) is 4.42 Å². The van der Waals surface area contributed by atoms with Crippen LogP contribution in [-0.2, 0) is 7.05 Å². The number of fused-ring (bicyclic) bond motifs is 2. The standard InChI is InChI=1S/C20H14N6O2/c1-26-10-14(9-23-26)15-4-3-13-8-21-19(7-17(13)24-15)25-20(27)12-2-5-16-18(6-12)28-11-22-16/h2-11H,1H3,(H,21,25,27). The van der Waals surface area contributed by atoms with Crippen molar-refractivity contribution in [2.24, 2.45) is 7.05 Å². The molecule has 0 atom stereocenters. The molecule has 4 aromatic heterocycles. The summed E-state index contributed by atoms with van der Waals surface area (Å²) in [5, 5.41) is 7.86. The molecule has 1 aromatic carbocycles. The van der Waals surface area contributed by atoms with Crippen LogP contribution in [0.3, 0.4) is 0 Å². The Bertz CT molecular complexity index is 1340. The van der Waals surface area contributed by atoms with E-state index < -0.39 is 0 Å². The third kappa shape index (κ3) is 2.86. The fourth-order valence-corrected chi connectivity index (χ4v) is 2.98. The van der Waals surface area contributed by atoms with Gasteiger partial charge in [-0.05, 0) is 30.3 Å². The van der Waals surface area contributed by atoms with Crippen LogP contribution in [0.4, 0.5) is 5.82 Å². The number of nitrogens with zero attached hydrogens (tertiary/aromatic N) is 5. The summed E-state index contributed by atoms with van der Waals surface area (Å²) in [6.07, 6.45) is 6.70. The van der Waals surface area contributed by atoms with Crippen molar-refractivity contribution in [3.63, 3.8) is 0 Å². The highest BCUT2D eigenvalue weighted by Crippen LogP contribution is 2.22. The molecule has 0 aliphatic rings. The predicted molar refractivity (Wildman–Crippen MR) is 104 cm³/mol. The highest BCUT2D eigenvalue weighted by Gasteiger charge is 2.11. The summed E-state index contributed by atoms with van der Waals surface area (Å²) >= 11 is 0. The normalized spacial score (nSPS) is 11.2. The molecule has 0 fully saturated rings. The van der Waals surface area contributed by atoms with Crippen LogP contribution in [0.1, 0.15) is 10.4 Å². The number of rotatable bonds is 3. The molecule has 4 heterocycles. The lowest BCUT2D eigenvalue weighted by Gasteiger charge is -2.06. The Morgan fingerprint density at radius 1 is 1.07 bits per heavy atom. The molecular formula is C20H14N6O2. The van der Waals surface area contributed by atoms with Gasteiger partial charge in [0, 0.05) is 42.0 Å².